The highest BCUT2D eigenvalue weighted by Gasteiger charge is 2.48. The lowest BCUT2D eigenvalue weighted by Crippen LogP contribution is -2.51. The third-order valence-electron chi connectivity index (χ3n) is 3.48. The summed E-state index contributed by atoms with van der Waals surface area (Å²) in [4.78, 5) is 0.635. The summed E-state index contributed by atoms with van der Waals surface area (Å²) in [7, 11) is -1.42. The van der Waals surface area contributed by atoms with E-state index in [0.717, 1.165) is 5.56 Å². The Bertz CT molecular complexity index is 510. The molecule has 0 aliphatic heterocycles. The van der Waals surface area contributed by atoms with Gasteiger partial charge in [-0.3, -0.25) is 4.21 Å². The maximum absolute atomic E-state index is 12.5. The smallest absolute Gasteiger partial charge is 0.170 e. The number of hydrogen-bond acceptors (Lipinski definition) is 3. The van der Waals surface area contributed by atoms with Gasteiger partial charge in [-0.05, 0) is 26.0 Å². The molecule has 0 unspecified atom stereocenters. The van der Waals surface area contributed by atoms with E-state index in [9.17, 15) is 14.6 Å². The molecule has 1 rings (SSSR count). The first kappa shape index (κ1) is 15.9. The number of benzene rings is 1. The van der Waals surface area contributed by atoms with Crippen molar-refractivity contribution in [1.82, 2.24) is 0 Å². The van der Waals surface area contributed by atoms with E-state index in [2.05, 4.69) is 0 Å². The number of aryl methyl sites for hydroxylation is 1. The van der Waals surface area contributed by atoms with Crippen LogP contribution >= 0.6 is 0 Å². The molecule has 0 aliphatic rings. The van der Waals surface area contributed by atoms with Crippen molar-refractivity contribution in [3.8, 4) is 6.07 Å². The van der Waals surface area contributed by atoms with Gasteiger partial charge in [-0.25, -0.2) is 0 Å². The molecule has 0 aromatic heterocycles. The minimum atomic E-state index is -1.64. The molecule has 3 nitrogen and oxygen atoms in total. The summed E-state index contributed by atoms with van der Waals surface area (Å²) in [6.45, 7) is 8.94. The third-order valence-corrected chi connectivity index (χ3v) is 5.20. The van der Waals surface area contributed by atoms with Gasteiger partial charge in [-0.2, -0.15) is 5.26 Å². The van der Waals surface area contributed by atoms with Crippen LogP contribution in [-0.2, 0) is 10.8 Å². The zero-order valence-corrected chi connectivity index (χ0v) is 12.9. The molecule has 0 amide bonds. The number of aliphatic hydroxyl groups is 1. The normalized spacial score (nSPS) is 18.2. The number of rotatable bonds is 3. The second kappa shape index (κ2) is 5.44. The second-order valence-electron chi connectivity index (χ2n) is 5.88. The molecule has 0 fully saturated rings. The topological polar surface area (TPSA) is 61.1 Å². The largest absolute Gasteiger partial charge is 0.374 e. The predicted molar refractivity (Wildman–Crippen MR) is 77.1 cm³/mol. The van der Waals surface area contributed by atoms with Gasteiger partial charge < -0.3 is 5.11 Å². The average Bonchev–Trinajstić information content (AvgIpc) is 2.35. The number of nitrogens with zero attached hydrogens (tertiary/aromatic N) is 1. The van der Waals surface area contributed by atoms with Gasteiger partial charge in [-0.1, -0.05) is 38.5 Å². The van der Waals surface area contributed by atoms with Gasteiger partial charge in [0.05, 0.1) is 22.1 Å². The fourth-order valence-electron chi connectivity index (χ4n) is 1.90. The van der Waals surface area contributed by atoms with E-state index in [0.29, 0.717) is 4.90 Å². The molecule has 104 valence electrons. The van der Waals surface area contributed by atoms with Crippen LogP contribution in [0.5, 0.6) is 0 Å². The van der Waals surface area contributed by atoms with E-state index in [1.165, 1.54) is 0 Å². The summed E-state index contributed by atoms with van der Waals surface area (Å²) >= 11 is 0. The van der Waals surface area contributed by atoms with Crippen molar-refractivity contribution in [2.45, 2.75) is 50.4 Å². The molecular weight excluding hydrogens is 258 g/mol. The third kappa shape index (κ3) is 3.05. The van der Waals surface area contributed by atoms with Gasteiger partial charge in [0, 0.05) is 10.3 Å². The highest BCUT2D eigenvalue weighted by Crippen LogP contribution is 2.36. The van der Waals surface area contributed by atoms with Crippen LogP contribution in [0, 0.1) is 23.7 Å². The Kier molecular flexibility index (Phi) is 4.54. The minimum Gasteiger partial charge on any atom is -0.374 e. The quantitative estimate of drug-likeness (QED) is 0.865. The van der Waals surface area contributed by atoms with Gasteiger partial charge in [0.2, 0.25) is 0 Å². The van der Waals surface area contributed by atoms with E-state index >= 15 is 0 Å². The van der Waals surface area contributed by atoms with Crippen LogP contribution in [0.3, 0.4) is 0 Å². The molecule has 0 spiro atoms. The standard InChI is InChI=1S/C15H21NO2S/c1-11-6-8-13(9-7-11)19(18)12(2)15(17,10-16)14(3,4)5/h6-9,12,17H,1-5H3/t12-,15+,19-/m1/s1. The lowest BCUT2D eigenvalue weighted by Gasteiger charge is -2.38. The minimum absolute atomic E-state index is 0.635. The monoisotopic (exact) mass is 279 g/mol. The van der Waals surface area contributed by atoms with Crippen molar-refractivity contribution in [3.05, 3.63) is 29.8 Å². The Labute approximate surface area is 117 Å². The molecule has 0 saturated heterocycles. The van der Waals surface area contributed by atoms with Gasteiger partial charge >= 0.3 is 0 Å². The van der Waals surface area contributed by atoms with Gasteiger partial charge in [0.25, 0.3) is 0 Å². The van der Waals surface area contributed by atoms with E-state index in [1.54, 1.807) is 39.8 Å². The molecule has 0 saturated carbocycles. The molecule has 3 atom stereocenters. The van der Waals surface area contributed by atoms with Crippen molar-refractivity contribution in [1.29, 1.82) is 5.26 Å². The number of hydrogen-bond donors (Lipinski definition) is 1. The first-order chi connectivity index (χ1) is 8.63. The van der Waals surface area contributed by atoms with Crippen molar-refractivity contribution < 1.29 is 9.32 Å². The first-order valence-electron chi connectivity index (χ1n) is 6.24. The summed E-state index contributed by atoms with van der Waals surface area (Å²) in [5.41, 5.74) is -1.22. The van der Waals surface area contributed by atoms with Gasteiger partial charge in [0.1, 0.15) is 0 Å². The Morgan fingerprint density at radius 2 is 1.74 bits per heavy atom. The van der Waals surface area contributed by atoms with Crippen molar-refractivity contribution in [2.75, 3.05) is 0 Å². The molecule has 1 N–H and O–H groups in total. The molecule has 0 heterocycles. The highest BCUT2D eigenvalue weighted by molar-refractivity contribution is 7.85. The molecule has 19 heavy (non-hydrogen) atoms. The van der Waals surface area contributed by atoms with E-state index < -0.39 is 27.1 Å². The maximum Gasteiger partial charge on any atom is 0.170 e. The molecule has 1 aromatic carbocycles. The Balaban J connectivity index is 3.13. The molecule has 0 radical (unpaired) electrons. The van der Waals surface area contributed by atoms with Crippen LogP contribution in [0.25, 0.3) is 0 Å². The van der Waals surface area contributed by atoms with Crippen LogP contribution in [0.4, 0.5) is 0 Å². The van der Waals surface area contributed by atoms with Crippen molar-refractivity contribution in [2.24, 2.45) is 5.41 Å². The Hall–Kier alpha value is -1.18. The number of nitriles is 1. The summed E-state index contributed by atoms with van der Waals surface area (Å²) in [5, 5.41) is 19.2. The summed E-state index contributed by atoms with van der Waals surface area (Å²) in [6.07, 6.45) is 0. The Morgan fingerprint density at radius 3 is 2.11 bits per heavy atom. The zero-order valence-electron chi connectivity index (χ0n) is 12.1. The highest BCUT2D eigenvalue weighted by atomic mass is 32.2. The van der Waals surface area contributed by atoms with Crippen LogP contribution in [0.1, 0.15) is 33.3 Å². The first-order valence-corrected chi connectivity index (χ1v) is 7.45. The van der Waals surface area contributed by atoms with E-state index in [-0.39, 0.29) is 0 Å². The molecule has 4 heteroatoms. The molecule has 1 aromatic rings. The zero-order chi connectivity index (χ0) is 14.8. The predicted octanol–water partition coefficient (Wildman–Crippen LogP) is 2.79. The van der Waals surface area contributed by atoms with E-state index in [1.807, 2.05) is 25.1 Å². The van der Waals surface area contributed by atoms with E-state index in [4.69, 9.17) is 0 Å². The fraction of sp³-hybridized carbons (Fsp3) is 0.533. The van der Waals surface area contributed by atoms with Crippen molar-refractivity contribution in [3.63, 3.8) is 0 Å². The van der Waals surface area contributed by atoms with Gasteiger partial charge in [-0.15, -0.1) is 0 Å². The van der Waals surface area contributed by atoms with Crippen LogP contribution in [-0.4, -0.2) is 20.2 Å². The fourth-order valence-corrected chi connectivity index (χ4v) is 3.43. The summed E-state index contributed by atoms with van der Waals surface area (Å²) < 4.78 is 12.5. The SMILES string of the molecule is Cc1ccc([S@](=O)[C@H](C)[C@@](O)(C#N)C(C)(C)C)cc1. The lowest BCUT2D eigenvalue weighted by atomic mass is 9.75. The lowest BCUT2D eigenvalue weighted by molar-refractivity contribution is -0.00535. The summed E-state index contributed by atoms with van der Waals surface area (Å²) in [6, 6.07) is 9.26. The van der Waals surface area contributed by atoms with Crippen molar-refractivity contribution >= 4 is 10.8 Å². The summed E-state index contributed by atoms with van der Waals surface area (Å²) in [5.74, 6) is 0. The van der Waals surface area contributed by atoms with Crippen LogP contribution < -0.4 is 0 Å². The molecule has 0 bridgehead atoms. The average molecular weight is 279 g/mol. The van der Waals surface area contributed by atoms with Crippen LogP contribution in [0.2, 0.25) is 0 Å². The Morgan fingerprint density at radius 1 is 1.26 bits per heavy atom. The van der Waals surface area contributed by atoms with Crippen LogP contribution in [0.15, 0.2) is 29.2 Å². The van der Waals surface area contributed by atoms with Gasteiger partial charge in [0.15, 0.2) is 5.60 Å². The second-order valence-corrected chi connectivity index (χ2v) is 7.65. The molecule has 0 aliphatic carbocycles. The molecular formula is C15H21NO2S. The maximum atomic E-state index is 12.5.